The molecule has 0 bridgehead atoms. The normalized spacial score (nSPS) is 11.2. The van der Waals surface area contributed by atoms with Crippen LogP contribution < -0.4 is 5.32 Å². The molecule has 0 radical (unpaired) electrons. The van der Waals surface area contributed by atoms with Crippen LogP contribution in [0, 0.1) is 0 Å². The van der Waals surface area contributed by atoms with Crippen LogP contribution in [0.1, 0.15) is 4.88 Å². The van der Waals surface area contributed by atoms with E-state index in [9.17, 15) is 8.78 Å². The number of nitrogens with one attached hydrogen (secondary N) is 1. The van der Waals surface area contributed by atoms with E-state index in [1.807, 2.05) is 11.4 Å². The molecule has 15 heavy (non-hydrogen) atoms. The minimum Gasteiger partial charge on any atom is -0.374 e. The molecule has 0 aliphatic rings. The third-order valence-electron chi connectivity index (χ3n) is 1.59. The van der Waals surface area contributed by atoms with Crippen molar-refractivity contribution in [1.29, 1.82) is 0 Å². The number of alkyl halides is 2. The van der Waals surface area contributed by atoms with Crippen molar-refractivity contribution in [3.8, 4) is 0 Å². The first-order valence-corrected chi connectivity index (χ1v) is 5.74. The van der Waals surface area contributed by atoms with Gasteiger partial charge in [0.2, 0.25) is 0 Å². The zero-order valence-corrected chi connectivity index (χ0v) is 9.58. The third-order valence-corrected chi connectivity index (χ3v) is 2.87. The molecule has 0 saturated heterocycles. The SMILES string of the molecule is FC(F)COCCNCc1cc(Cl)cs1. The van der Waals surface area contributed by atoms with Gasteiger partial charge in [-0.3, -0.25) is 0 Å². The Labute approximate surface area is 96.2 Å². The van der Waals surface area contributed by atoms with Crippen molar-refractivity contribution in [1.82, 2.24) is 5.32 Å². The average molecular weight is 256 g/mol. The Morgan fingerprint density at radius 3 is 2.93 bits per heavy atom. The van der Waals surface area contributed by atoms with Gasteiger partial charge in [0.15, 0.2) is 0 Å². The zero-order valence-electron chi connectivity index (χ0n) is 8.01. The van der Waals surface area contributed by atoms with Gasteiger partial charge in [-0.2, -0.15) is 0 Å². The Kier molecular flexibility index (Phi) is 6.09. The second kappa shape index (κ2) is 7.11. The van der Waals surface area contributed by atoms with E-state index in [1.54, 1.807) is 11.3 Å². The summed E-state index contributed by atoms with van der Waals surface area (Å²) in [5.41, 5.74) is 0. The molecule has 0 aromatic carbocycles. The van der Waals surface area contributed by atoms with Gasteiger partial charge >= 0.3 is 0 Å². The number of thiophene rings is 1. The molecule has 1 aromatic heterocycles. The van der Waals surface area contributed by atoms with E-state index < -0.39 is 13.0 Å². The van der Waals surface area contributed by atoms with E-state index in [2.05, 4.69) is 5.32 Å². The van der Waals surface area contributed by atoms with Crippen LogP contribution in [-0.2, 0) is 11.3 Å². The number of hydrogen-bond acceptors (Lipinski definition) is 3. The fourth-order valence-corrected chi connectivity index (χ4v) is 2.02. The second-order valence-electron chi connectivity index (χ2n) is 2.87. The van der Waals surface area contributed by atoms with Crippen molar-refractivity contribution in [3.05, 3.63) is 21.3 Å². The van der Waals surface area contributed by atoms with Crippen molar-refractivity contribution in [2.24, 2.45) is 0 Å². The summed E-state index contributed by atoms with van der Waals surface area (Å²) in [5.74, 6) is 0. The maximum Gasteiger partial charge on any atom is 0.261 e. The first-order valence-electron chi connectivity index (χ1n) is 4.48. The van der Waals surface area contributed by atoms with E-state index >= 15 is 0 Å². The highest BCUT2D eigenvalue weighted by atomic mass is 35.5. The van der Waals surface area contributed by atoms with Crippen molar-refractivity contribution in [2.75, 3.05) is 19.8 Å². The number of rotatable bonds is 7. The summed E-state index contributed by atoms with van der Waals surface area (Å²) in [6.45, 7) is 1.05. The lowest BCUT2D eigenvalue weighted by Gasteiger charge is -2.04. The van der Waals surface area contributed by atoms with Crippen LogP contribution in [0.3, 0.4) is 0 Å². The second-order valence-corrected chi connectivity index (χ2v) is 4.31. The number of hydrogen-bond donors (Lipinski definition) is 1. The minimum absolute atomic E-state index is 0.295. The summed E-state index contributed by atoms with van der Waals surface area (Å²) < 4.78 is 28.0. The molecule has 2 nitrogen and oxygen atoms in total. The molecule has 1 heterocycles. The summed E-state index contributed by atoms with van der Waals surface area (Å²) in [6.07, 6.45) is -2.39. The van der Waals surface area contributed by atoms with Crippen LogP contribution in [0.2, 0.25) is 5.02 Å². The van der Waals surface area contributed by atoms with E-state index in [0.717, 1.165) is 9.90 Å². The molecular formula is C9H12ClF2NOS. The molecule has 6 heteroatoms. The molecule has 0 aliphatic carbocycles. The molecule has 1 aromatic rings. The minimum atomic E-state index is -2.39. The molecule has 0 atom stereocenters. The van der Waals surface area contributed by atoms with Crippen LogP contribution in [0.4, 0.5) is 8.78 Å². The Bertz CT molecular complexity index is 283. The van der Waals surface area contributed by atoms with Crippen LogP contribution in [0.5, 0.6) is 0 Å². The van der Waals surface area contributed by atoms with Gasteiger partial charge in [-0.15, -0.1) is 11.3 Å². The highest BCUT2D eigenvalue weighted by molar-refractivity contribution is 7.10. The van der Waals surface area contributed by atoms with Crippen LogP contribution in [0.15, 0.2) is 11.4 Å². The largest absolute Gasteiger partial charge is 0.374 e. The first-order chi connectivity index (χ1) is 7.18. The van der Waals surface area contributed by atoms with Crippen molar-refractivity contribution < 1.29 is 13.5 Å². The van der Waals surface area contributed by atoms with Crippen molar-refractivity contribution in [2.45, 2.75) is 13.0 Å². The fourth-order valence-electron chi connectivity index (χ4n) is 0.975. The Morgan fingerprint density at radius 2 is 2.33 bits per heavy atom. The Morgan fingerprint density at radius 1 is 1.53 bits per heavy atom. The molecule has 0 spiro atoms. The van der Waals surface area contributed by atoms with Gasteiger partial charge in [-0.25, -0.2) is 8.78 Å². The van der Waals surface area contributed by atoms with Crippen molar-refractivity contribution >= 4 is 22.9 Å². The van der Waals surface area contributed by atoms with E-state index in [-0.39, 0.29) is 0 Å². The lowest BCUT2D eigenvalue weighted by atomic mass is 10.4. The highest BCUT2D eigenvalue weighted by Gasteiger charge is 2.01. The molecule has 0 amide bonds. The van der Waals surface area contributed by atoms with Gasteiger partial charge in [-0.05, 0) is 6.07 Å². The van der Waals surface area contributed by atoms with Crippen molar-refractivity contribution in [3.63, 3.8) is 0 Å². The molecule has 0 fully saturated rings. The summed E-state index contributed by atoms with van der Waals surface area (Å²) in [4.78, 5) is 1.12. The first kappa shape index (κ1) is 12.8. The summed E-state index contributed by atoms with van der Waals surface area (Å²) in [5, 5.41) is 5.65. The summed E-state index contributed by atoms with van der Waals surface area (Å²) >= 11 is 7.30. The Hall–Kier alpha value is -0.230. The third kappa shape index (κ3) is 6.04. The molecule has 1 N–H and O–H groups in total. The maximum absolute atomic E-state index is 11.7. The lowest BCUT2D eigenvalue weighted by molar-refractivity contribution is 0.0187. The standard InChI is InChI=1S/C9H12ClF2NOS/c10-7-3-8(15-6-7)4-13-1-2-14-5-9(11)12/h3,6,9,13H,1-2,4-5H2. The summed E-state index contributed by atoms with van der Waals surface area (Å²) in [7, 11) is 0. The van der Waals surface area contributed by atoms with Gasteiger partial charge in [0.1, 0.15) is 6.61 Å². The number of ether oxygens (including phenoxy) is 1. The monoisotopic (exact) mass is 255 g/mol. The Balaban J connectivity index is 1.98. The topological polar surface area (TPSA) is 21.3 Å². The van der Waals surface area contributed by atoms with E-state index in [0.29, 0.717) is 19.7 Å². The number of halogens is 3. The van der Waals surface area contributed by atoms with Gasteiger partial charge in [0.25, 0.3) is 6.43 Å². The maximum atomic E-state index is 11.7. The van der Waals surface area contributed by atoms with E-state index in [4.69, 9.17) is 16.3 Å². The zero-order chi connectivity index (χ0) is 11.1. The smallest absolute Gasteiger partial charge is 0.261 e. The summed E-state index contributed by atoms with van der Waals surface area (Å²) in [6, 6.07) is 1.87. The van der Waals surface area contributed by atoms with Gasteiger partial charge in [0, 0.05) is 23.3 Å². The molecule has 1 rings (SSSR count). The van der Waals surface area contributed by atoms with Crippen LogP contribution in [-0.4, -0.2) is 26.2 Å². The molecule has 0 unspecified atom stereocenters. The molecular weight excluding hydrogens is 244 g/mol. The van der Waals surface area contributed by atoms with Crippen LogP contribution >= 0.6 is 22.9 Å². The quantitative estimate of drug-likeness (QED) is 0.757. The van der Waals surface area contributed by atoms with Gasteiger partial charge < -0.3 is 10.1 Å². The highest BCUT2D eigenvalue weighted by Crippen LogP contribution is 2.18. The lowest BCUT2D eigenvalue weighted by Crippen LogP contribution is -2.20. The molecule has 0 saturated carbocycles. The molecule has 86 valence electrons. The average Bonchev–Trinajstić information content (AvgIpc) is 2.57. The van der Waals surface area contributed by atoms with Gasteiger partial charge in [0.05, 0.1) is 11.6 Å². The molecule has 0 aliphatic heterocycles. The fraction of sp³-hybridized carbons (Fsp3) is 0.556. The van der Waals surface area contributed by atoms with E-state index in [1.165, 1.54) is 0 Å². The van der Waals surface area contributed by atoms with Crippen LogP contribution in [0.25, 0.3) is 0 Å². The van der Waals surface area contributed by atoms with Gasteiger partial charge in [-0.1, -0.05) is 11.6 Å². The predicted octanol–water partition coefficient (Wildman–Crippen LogP) is 2.77. The predicted molar refractivity (Wildman–Crippen MR) is 57.9 cm³/mol.